The predicted octanol–water partition coefficient (Wildman–Crippen LogP) is 2.14. The number of anilines is 1. The van der Waals surface area contributed by atoms with Gasteiger partial charge < -0.3 is 26.4 Å². The van der Waals surface area contributed by atoms with Gasteiger partial charge in [-0.05, 0) is 57.6 Å². The molecule has 10 nitrogen and oxygen atoms in total. The summed E-state index contributed by atoms with van der Waals surface area (Å²) in [6.07, 6.45) is 6.43. The summed E-state index contributed by atoms with van der Waals surface area (Å²) >= 11 is 0. The number of amides is 2. The molecule has 0 radical (unpaired) electrons. The second-order valence-corrected chi connectivity index (χ2v) is 11.2. The van der Waals surface area contributed by atoms with Gasteiger partial charge in [-0.2, -0.15) is 0 Å². The normalized spacial score (nSPS) is 19.9. The summed E-state index contributed by atoms with van der Waals surface area (Å²) < 4.78 is 28.5. The van der Waals surface area contributed by atoms with E-state index in [1.807, 2.05) is 4.90 Å². The molecule has 0 aromatic heterocycles. The third kappa shape index (κ3) is 6.68. The van der Waals surface area contributed by atoms with Crippen LogP contribution in [0.3, 0.4) is 0 Å². The maximum Gasteiger partial charge on any atom is 0.254 e. The van der Waals surface area contributed by atoms with Crippen molar-refractivity contribution in [2.24, 2.45) is 10.1 Å². The lowest BCUT2D eigenvalue weighted by Gasteiger charge is -2.33. The van der Waals surface area contributed by atoms with Gasteiger partial charge in [-0.1, -0.05) is 19.3 Å². The Morgan fingerprint density at radius 2 is 1.86 bits per heavy atom. The first kappa shape index (κ1) is 29.9. The first-order valence-electron chi connectivity index (χ1n) is 12.3. The molecule has 2 amide bonds. The average Bonchev–Trinajstić information content (AvgIpc) is 3.33. The number of carbonyl (C=O) groups excluding carboxylic acids is 2. The quantitative estimate of drug-likeness (QED) is 0.303. The summed E-state index contributed by atoms with van der Waals surface area (Å²) in [5.74, 6) is -1.29. The largest absolute Gasteiger partial charge is 0.507 e. The Hall–Kier alpha value is -2.37. The number of halogens is 1. The van der Waals surface area contributed by atoms with E-state index in [2.05, 4.69) is 15.0 Å². The van der Waals surface area contributed by atoms with E-state index in [1.54, 1.807) is 19.2 Å². The molecule has 0 bridgehead atoms. The molecule has 3 rings (SSSR count). The second kappa shape index (κ2) is 12.7. The summed E-state index contributed by atoms with van der Waals surface area (Å²) in [6.45, 7) is 3.60. The number of rotatable bonds is 7. The van der Waals surface area contributed by atoms with Gasteiger partial charge in [0.05, 0.1) is 17.4 Å². The number of nitrogens with one attached hydrogen (secondary N) is 2. The SMILES string of the molecule is CCS(=O)(=O)N=C(NC(=O)[C@H](C)N)c1ccc(N2CCC[C@H]2C(=O)NC)c(C2CCCCC2)c1O.Cl. The number of sulfonamides is 1. The van der Waals surface area contributed by atoms with Gasteiger partial charge >= 0.3 is 0 Å². The number of benzene rings is 1. The van der Waals surface area contributed by atoms with Gasteiger partial charge in [-0.25, -0.2) is 8.42 Å². The number of hydrogen-bond donors (Lipinski definition) is 4. The lowest BCUT2D eigenvalue weighted by atomic mass is 9.81. The van der Waals surface area contributed by atoms with Crippen LogP contribution in [0.2, 0.25) is 0 Å². The molecule has 1 aromatic carbocycles. The number of hydrogen-bond acceptors (Lipinski definition) is 7. The van der Waals surface area contributed by atoms with Crippen LogP contribution < -0.4 is 21.3 Å². The number of phenols is 1. The summed E-state index contributed by atoms with van der Waals surface area (Å²) in [6, 6.07) is 2.11. The summed E-state index contributed by atoms with van der Waals surface area (Å²) in [4.78, 5) is 27.0. The molecule has 2 aliphatic rings. The molecule has 0 unspecified atom stereocenters. The second-order valence-electron chi connectivity index (χ2n) is 9.28. The fraction of sp³-hybridized carbons (Fsp3) is 0.625. The van der Waals surface area contributed by atoms with E-state index >= 15 is 0 Å². The van der Waals surface area contributed by atoms with Crippen LogP contribution in [0.4, 0.5) is 5.69 Å². The van der Waals surface area contributed by atoms with Gasteiger partial charge in [-0.3, -0.25) is 9.59 Å². The highest BCUT2D eigenvalue weighted by atomic mass is 35.5. The Labute approximate surface area is 219 Å². The van der Waals surface area contributed by atoms with Gasteiger partial charge in [-0.15, -0.1) is 16.8 Å². The van der Waals surface area contributed by atoms with Crippen molar-refractivity contribution in [3.8, 4) is 5.75 Å². The Morgan fingerprint density at radius 1 is 1.19 bits per heavy atom. The number of likely N-dealkylation sites (N-methyl/N-ethyl adjacent to an activating group) is 1. The molecule has 1 saturated carbocycles. The van der Waals surface area contributed by atoms with E-state index in [9.17, 15) is 23.1 Å². The molecule has 2 fully saturated rings. The smallest absolute Gasteiger partial charge is 0.254 e. The predicted molar refractivity (Wildman–Crippen MR) is 143 cm³/mol. The first-order valence-corrected chi connectivity index (χ1v) is 13.9. The molecule has 0 spiro atoms. The minimum Gasteiger partial charge on any atom is -0.507 e. The molecule has 1 saturated heterocycles. The van der Waals surface area contributed by atoms with Crippen LogP contribution in [-0.2, 0) is 19.6 Å². The Kier molecular flexibility index (Phi) is 10.6. The van der Waals surface area contributed by atoms with Gasteiger partial charge in [0.1, 0.15) is 11.8 Å². The van der Waals surface area contributed by atoms with Gasteiger partial charge in [0.2, 0.25) is 11.8 Å². The zero-order valence-electron chi connectivity index (χ0n) is 21.1. The Balaban J connectivity index is 0.00000456. The highest BCUT2D eigenvalue weighted by molar-refractivity contribution is 7.90. The van der Waals surface area contributed by atoms with Gasteiger partial charge in [0, 0.05) is 24.8 Å². The molecule has 5 N–H and O–H groups in total. The highest BCUT2D eigenvalue weighted by Gasteiger charge is 2.35. The lowest BCUT2D eigenvalue weighted by molar-refractivity contribution is -0.122. The van der Waals surface area contributed by atoms with Crippen molar-refractivity contribution in [2.75, 3.05) is 24.2 Å². The van der Waals surface area contributed by atoms with Crippen LogP contribution in [0.5, 0.6) is 5.75 Å². The van der Waals surface area contributed by atoms with Gasteiger partial charge in [0.15, 0.2) is 5.84 Å². The van der Waals surface area contributed by atoms with Gasteiger partial charge in [0.25, 0.3) is 10.0 Å². The van der Waals surface area contributed by atoms with Crippen molar-refractivity contribution in [1.29, 1.82) is 0 Å². The number of amidine groups is 1. The van der Waals surface area contributed by atoms with Crippen LogP contribution in [0.1, 0.15) is 75.8 Å². The van der Waals surface area contributed by atoms with Crippen molar-refractivity contribution < 1.29 is 23.1 Å². The third-order valence-corrected chi connectivity index (χ3v) is 8.01. The molecular formula is C24H38ClN5O5S. The van der Waals surface area contributed by atoms with E-state index in [0.29, 0.717) is 18.5 Å². The maximum atomic E-state index is 12.6. The third-order valence-electron chi connectivity index (χ3n) is 6.82. The maximum absolute atomic E-state index is 12.6. The monoisotopic (exact) mass is 543 g/mol. The van der Waals surface area contributed by atoms with Crippen LogP contribution >= 0.6 is 12.4 Å². The molecule has 2 atom stereocenters. The fourth-order valence-corrected chi connectivity index (χ4v) is 5.45. The van der Waals surface area contributed by atoms with E-state index in [4.69, 9.17) is 5.73 Å². The summed E-state index contributed by atoms with van der Waals surface area (Å²) in [5, 5.41) is 16.8. The van der Waals surface area contributed by atoms with E-state index < -0.39 is 22.0 Å². The number of nitrogens with two attached hydrogens (primary N) is 1. The lowest BCUT2D eigenvalue weighted by Crippen LogP contribution is -2.43. The van der Waals surface area contributed by atoms with Crippen LogP contribution in [-0.4, -0.2) is 62.6 Å². The van der Waals surface area contributed by atoms with E-state index in [0.717, 1.165) is 44.2 Å². The molecule has 202 valence electrons. The highest BCUT2D eigenvalue weighted by Crippen LogP contribution is 2.45. The number of aromatic hydroxyl groups is 1. The van der Waals surface area contributed by atoms with Crippen LogP contribution in [0.15, 0.2) is 16.5 Å². The summed E-state index contributed by atoms with van der Waals surface area (Å²) in [7, 11) is -2.27. The van der Waals surface area contributed by atoms with E-state index in [-0.39, 0.29) is 53.2 Å². The zero-order valence-corrected chi connectivity index (χ0v) is 22.8. The van der Waals surface area contributed by atoms with Crippen molar-refractivity contribution in [1.82, 2.24) is 10.6 Å². The Morgan fingerprint density at radius 3 is 2.44 bits per heavy atom. The molecule has 12 heteroatoms. The topological polar surface area (TPSA) is 154 Å². The minimum atomic E-state index is -3.88. The van der Waals surface area contributed by atoms with Crippen molar-refractivity contribution in [3.63, 3.8) is 0 Å². The fourth-order valence-electron chi connectivity index (χ4n) is 4.90. The van der Waals surface area contributed by atoms with Crippen molar-refractivity contribution in [2.45, 2.75) is 76.8 Å². The van der Waals surface area contributed by atoms with Crippen LogP contribution in [0.25, 0.3) is 0 Å². The molecule has 36 heavy (non-hydrogen) atoms. The average molecular weight is 544 g/mol. The minimum absolute atomic E-state index is 0. The summed E-state index contributed by atoms with van der Waals surface area (Å²) in [5.41, 5.74) is 7.24. The molecule has 1 aliphatic carbocycles. The number of carbonyl (C=O) groups is 2. The number of nitrogens with zero attached hydrogens (tertiary/aromatic N) is 2. The first-order chi connectivity index (χ1) is 16.6. The Bertz CT molecular complexity index is 1090. The standard InChI is InChI=1S/C24H37N5O5S.ClH/c1-4-35(33,34)28-22(27-23(31)15(2)25)17-12-13-18(29-14-8-11-19(29)24(32)26-3)20(21(17)30)16-9-6-5-7-10-16;/h12-13,15-16,19,30H,4-11,14,25H2,1-3H3,(H,26,32)(H,27,28,31);1H/t15-,19-;/m0./s1. The molecule has 1 heterocycles. The van der Waals surface area contributed by atoms with Crippen molar-refractivity contribution >= 4 is 45.8 Å². The molecular weight excluding hydrogens is 506 g/mol. The van der Waals surface area contributed by atoms with Crippen LogP contribution in [0, 0.1) is 0 Å². The molecule has 1 aromatic rings. The van der Waals surface area contributed by atoms with E-state index in [1.165, 1.54) is 13.8 Å². The zero-order chi connectivity index (χ0) is 25.8. The number of phenolic OH excluding ortho intramolecular Hbond substituents is 1. The molecule has 1 aliphatic heterocycles. The van der Waals surface area contributed by atoms with Crippen molar-refractivity contribution in [3.05, 3.63) is 23.3 Å².